The Labute approximate surface area is 97.1 Å². The van der Waals surface area contributed by atoms with Crippen molar-refractivity contribution in [2.24, 2.45) is 0 Å². The molecule has 0 bridgehead atoms. The summed E-state index contributed by atoms with van der Waals surface area (Å²) in [6, 6.07) is 0. The maximum atomic E-state index is 10.8. The average Bonchev–Trinajstić information content (AvgIpc) is 2.01. The Morgan fingerprint density at radius 1 is 1.07 bits per heavy atom. The van der Waals surface area contributed by atoms with Crippen molar-refractivity contribution in [1.29, 1.82) is 0 Å². The molecule has 0 atom stereocenters. The standard InChI is InChI=1S/C8H12.C2F3O.Rh/c1-2-4-6-8-7-5-3-1;3-2(4,5)1-6;/h1-4H,5-8H2;;/b3-1-,4-2-;;. The summed E-state index contributed by atoms with van der Waals surface area (Å²) >= 11 is 1.22. The summed E-state index contributed by atoms with van der Waals surface area (Å²) in [4.78, 5) is 9.29. The Hall–Kier alpha value is -0.437. The van der Waals surface area contributed by atoms with Crippen LogP contribution in [0.1, 0.15) is 25.7 Å². The molecule has 0 unspecified atom stereocenters. The van der Waals surface area contributed by atoms with E-state index in [4.69, 9.17) is 0 Å². The van der Waals surface area contributed by atoms with Crippen molar-refractivity contribution in [2.45, 2.75) is 31.9 Å². The third-order valence-corrected chi connectivity index (χ3v) is 2.05. The molecular weight excluding hydrogens is 296 g/mol. The first kappa shape index (κ1) is 14.6. The van der Waals surface area contributed by atoms with Gasteiger partial charge in [0.15, 0.2) is 0 Å². The van der Waals surface area contributed by atoms with Crippen LogP contribution in [0, 0.1) is 0 Å². The number of allylic oxidation sites excluding steroid dienone is 4. The molecule has 15 heavy (non-hydrogen) atoms. The normalized spacial score (nSPS) is 20.3. The second kappa shape index (κ2) is 7.80. The van der Waals surface area contributed by atoms with E-state index in [2.05, 4.69) is 24.3 Å². The van der Waals surface area contributed by atoms with E-state index in [1.54, 1.807) is 0 Å². The summed E-state index contributed by atoms with van der Waals surface area (Å²) in [5, 5.41) is 0. The average molecular weight is 308 g/mol. The zero-order chi connectivity index (χ0) is 11.7. The fourth-order valence-electron chi connectivity index (χ4n) is 0.874. The third-order valence-electron chi connectivity index (χ3n) is 1.59. The molecule has 0 heterocycles. The molecule has 88 valence electrons. The summed E-state index contributed by atoms with van der Waals surface area (Å²) in [7, 11) is 0. The summed E-state index contributed by atoms with van der Waals surface area (Å²) in [6.07, 6.45) is 9.31. The topological polar surface area (TPSA) is 17.1 Å². The van der Waals surface area contributed by atoms with Crippen LogP contribution in [0.3, 0.4) is 0 Å². The maximum absolute atomic E-state index is 10.8. The van der Waals surface area contributed by atoms with Crippen LogP contribution in [-0.4, -0.2) is 10.6 Å². The van der Waals surface area contributed by atoms with Crippen LogP contribution in [0.25, 0.3) is 0 Å². The number of carbonyl (C=O) groups is 1. The van der Waals surface area contributed by atoms with Crippen LogP contribution in [0.4, 0.5) is 13.2 Å². The van der Waals surface area contributed by atoms with E-state index < -0.39 is 10.6 Å². The first-order valence-corrected chi connectivity index (χ1v) is 5.32. The van der Waals surface area contributed by atoms with Crippen LogP contribution in [0.15, 0.2) is 24.3 Å². The van der Waals surface area contributed by atoms with Crippen molar-refractivity contribution in [2.75, 3.05) is 0 Å². The fraction of sp³-hybridized carbons (Fsp3) is 0.500. The number of halogens is 3. The molecule has 0 N–H and O–H groups in total. The predicted octanol–water partition coefficient (Wildman–Crippen LogP) is 3.29. The first-order valence-electron chi connectivity index (χ1n) is 4.50. The molecule has 0 fully saturated rings. The minimum atomic E-state index is -4.69. The molecule has 0 aromatic carbocycles. The van der Waals surface area contributed by atoms with E-state index >= 15 is 0 Å². The monoisotopic (exact) mass is 308 g/mol. The van der Waals surface area contributed by atoms with Gasteiger partial charge in [-0.1, -0.05) is 24.3 Å². The molecule has 0 saturated heterocycles. The number of rotatable bonds is 0. The molecule has 0 aromatic rings. The molecule has 0 radical (unpaired) electrons. The van der Waals surface area contributed by atoms with Crippen LogP contribution < -0.4 is 0 Å². The van der Waals surface area contributed by atoms with Crippen LogP contribution >= 0.6 is 0 Å². The molecule has 0 spiro atoms. The summed E-state index contributed by atoms with van der Waals surface area (Å²) in [5.74, 6) is 0. The van der Waals surface area contributed by atoms with Crippen molar-refractivity contribution >= 4 is 4.38 Å². The Morgan fingerprint density at radius 2 is 1.40 bits per heavy atom. The van der Waals surface area contributed by atoms with Crippen molar-refractivity contribution in [3.8, 4) is 0 Å². The molecule has 1 nitrogen and oxygen atoms in total. The Balaban J connectivity index is 0.000000265. The van der Waals surface area contributed by atoms with E-state index in [9.17, 15) is 18.0 Å². The van der Waals surface area contributed by atoms with Gasteiger partial charge in [-0.2, -0.15) is 0 Å². The third kappa shape index (κ3) is 9.86. The van der Waals surface area contributed by atoms with E-state index in [0.717, 1.165) is 0 Å². The summed E-state index contributed by atoms with van der Waals surface area (Å²) in [6.45, 7) is 0. The second-order valence-electron chi connectivity index (χ2n) is 2.89. The van der Waals surface area contributed by atoms with E-state index in [1.807, 2.05) is 0 Å². The molecule has 1 aliphatic rings. The van der Waals surface area contributed by atoms with Gasteiger partial charge in [0.2, 0.25) is 0 Å². The van der Waals surface area contributed by atoms with Crippen LogP contribution in [0.5, 0.6) is 0 Å². The van der Waals surface area contributed by atoms with E-state index in [-0.39, 0.29) is 0 Å². The molecule has 0 aromatic heterocycles. The number of hydrogen-bond donors (Lipinski definition) is 0. The van der Waals surface area contributed by atoms with Gasteiger partial charge in [-0.25, -0.2) is 0 Å². The summed E-state index contributed by atoms with van der Waals surface area (Å²) < 4.78 is 30.5. The zero-order valence-corrected chi connectivity index (χ0v) is 9.65. The van der Waals surface area contributed by atoms with Gasteiger partial charge < -0.3 is 0 Å². The zero-order valence-electron chi connectivity index (χ0n) is 8.01. The molecule has 1 aliphatic carbocycles. The Kier molecular flexibility index (Phi) is 7.58. The molecule has 5 heteroatoms. The Bertz CT molecular complexity index is 230. The van der Waals surface area contributed by atoms with Crippen molar-refractivity contribution in [3.05, 3.63) is 24.3 Å². The van der Waals surface area contributed by atoms with E-state index in [0.29, 0.717) is 0 Å². The van der Waals surface area contributed by atoms with Gasteiger partial charge in [0.25, 0.3) is 0 Å². The first-order chi connectivity index (χ1) is 6.94. The quantitative estimate of drug-likeness (QED) is 0.628. The van der Waals surface area contributed by atoms with Gasteiger partial charge in [-0.15, -0.1) is 0 Å². The van der Waals surface area contributed by atoms with Gasteiger partial charge in [0, 0.05) is 0 Å². The molecule has 0 saturated carbocycles. The van der Waals surface area contributed by atoms with E-state index in [1.165, 1.54) is 44.0 Å². The number of alkyl halides is 3. The van der Waals surface area contributed by atoms with Gasteiger partial charge in [0.1, 0.15) is 0 Å². The molecular formula is C10H12F3ORh. The summed E-state index contributed by atoms with van der Waals surface area (Å²) in [5.41, 5.74) is 0. The molecule has 1 rings (SSSR count). The molecule has 0 aliphatic heterocycles. The Morgan fingerprint density at radius 3 is 1.67 bits per heavy atom. The SMILES string of the molecule is C1=C\CCCC\C=C/1.O=[C]([Rh])C(F)(F)F. The van der Waals surface area contributed by atoms with Crippen LogP contribution in [0.2, 0.25) is 0 Å². The minimum absolute atomic E-state index is 1.22. The van der Waals surface area contributed by atoms with Gasteiger partial charge in [0.05, 0.1) is 0 Å². The molecule has 0 amide bonds. The number of hydrogen-bond acceptors (Lipinski definition) is 1. The van der Waals surface area contributed by atoms with Crippen molar-refractivity contribution < 1.29 is 36.3 Å². The van der Waals surface area contributed by atoms with Gasteiger partial charge >= 0.3 is 46.8 Å². The van der Waals surface area contributed by atoms with Gasteiger partial charge in [-0.05, 0) is 25.7 Å². The fourth-order valence-corrected chi connectivity index (χ4v) is 0.874. The van der Waals surface area contributed by atoms with Crippen molar-refractivity contribution in [3.63, 3.8) is 0 Å². The predicted molar refractivity (Wildman–Crippen MR) is 47.8 cm³/mol. The number of carbonyl (C=O) groups excluding carboxylic acids is 1. The second-order valence-corrected chi connectivity index (χ2v) is 3.64. The van der Waals surface area contributed by atoms with Gasteiger partial charge in [-0.3, -0.25) is 0 Å². The van der Waals surface area contributed by atoms with Crippen LogP contribution in [-0.2, 0) is 23.1 Å². The van der Waals surface area contributed by atoms with Crippen molar-refractivity contribution in [1.82, 2.24) is 0 Å².